The first kappa shape index (κ1) is 10.2. The van der Waals surface area contributed by atoms with Gasteiger partial charge in [0.2, 0.25) is 10.0 Å². The minimum atomic E-state index is -3.49. The molecule has 82 valence electrons. The average molecular weight is 230 g/mol. The molecule has 1 aromatic heterocycles. The number of carboxylic acid groups (broad SMARTS) is 1. The van der Waals surface area contributed by atoms with Gasteiger partial charge >= 0.3 is 5.97 Å². The van der Waals surface area contributed by atoms with E-state index in [1.54, 1.807) is 0 Å². The monoisotopic (exact) mass is 230 g/mol. The van der Waals surface area contributed by atoms with Crippen LogP contribution in [0.25, 0.3) is 0 Å². The second kappa shape index (κ2) is 3.35. The third-order valence-electron chi connectivity index (χ3n) is 2.40. The lowest BCUT2D eigenvalue weighted by Crippen LogP contribution is -2.52. The van der Waals surface area contributed by atoms with Gasteiger partial charge in [-0.3, -0.25) is 4.79 Å². The van der Waals surface area contributed by atoms with E-state index in [9.17, 15) is 13.2 Å². The number of H-pyrrole nitrogens is 1. The van der Waals surface area contributed by atoms with E-state index in [1.165, 1.54) is 18.5 Å². The zero-order chi connectivity index (χ0) is 11.1. The Bertz CT molecular complexity index is 459. The zero-order valence-electron chi connectivity index (χ0n) is 7.75. The average Bonchev–Trinajstić information content (AvgIpc) is 2.50. The Morgan fingerprint density at radius 2 is 2.20 bits per heavy atom. The van der Waals surface area contributed by atoms with E-state index >= 15 is 0 Å². The largest absolute Gasteiger partial charge is 0.481 e. The van der Waals surface area contributed by atoms with E-state index in [0.717, 1.165) is 4.31 Å². The van der Waals surface area contributed by atoms with Gasteiger partial charge in [0.1, 0.15) is 0 Å². The Hall–Kier alpha value is -1.34. The summed E-state index contributed by atoms with van der Waals surface area (Å²) in [5, 5.41) is 8.62. The number of hydrogen-bond donors (Lipinski definition) is 2. The predicted octanol–water partition coefficient (Wildman–Crippen LogP) is -0.280. The maximum absolute atomic E-state index is 11.8. The van der Waals surface area contributed by atoms with Crippen LogP contribution < -0.4 is 0 Å². The standard InChI is InChI=1S/C8H10N2O4S/c11-8(12)6-4-10(5-6)15(13,14)7-1-2-9-3-7/h1-3,6,9H,4-5H2,(H,11,12). The fraction of sp³-hybridized carbons (Fsp3) is 0.375. The smallest absolute Gasteiger partial charge is 0.309 e. The molecule has 0 amide bonds. The maximum Gasteiger partial charge on any atom is 0.309 e. The molecule has 0 saturated carbocycles. The molecule has 1 aliphatic heterocycles. The number of nitrogens with zero attached hydrogens (tertiary/aromatic N) is 1. The summed E-state index contributed by atoms with van der Waals surface area (Å²) in [7, 11) is -3.49. The summed E-state index contributed by atoms with van der Waals surface area (Å²) in [4.78, 5) is 13.3. The number of nitrogens with one attached hydrogen (secondary N) is 1. The first-order chi connectivity index (χ1) is 7.01. The number of carbonyl (C=O) groups is 1. The number of aromatic amines is 1. The predicted molar refractivity (Wildman–Crippen MR) is 50.7 cm³/mol. The molecular formula is C8H10N2O4S. The first-order valence-corrected chi connectivity index (χ1v) is 5.81. The van der Waals surface area contributed by atoms with E-state index in [1.807, 2.05) is 0 Å². The van der Waals surface area contributed by atoms with Crippen molar-refractivity contribution in [2.45, 2.75) is 4.90 Å². The molecule has 0 bridgehead atoms. The van der Waals surface area contributed by atoms with Gasteiger partial charge in [0.05, 0.1) is 10.8 Å². The number of rotatable bonds is 3. The maximum atomic E-state index is 11.8. The van der Waals surface area contributed by atoms with Gasteiger partial charge in [0.25, 0.3) is 0 Å². The molecular weight excluding hydrogens is 220 g/mol. The SMILES string of the molecule is O=C(O)C1CN(S(=O)(=O)c2cc[nH]c2)C1. The van der Waals surface area contributed by atoms with E-state index < -0.39 is 21.9 Å². The fourth-order valence-electron chi connectivity index (χ4n) is 1.41. The number of sulfonamides is 1. The zero-order valence-corrected chi connectivity index (χ0v) is 8.57. The topological polar surface area (TPSA) is 90.5 Å². The second-order valence-electron chi connectivity index (χ2n) is 3.40. The summed E-state index contributed by atoms with van der Waals surface area (Å²) in [6.07, 6.45) is 2.89. The van der Waals surface area contributed by atoms with E-state index in [0.29, 0.717) is 0 Å². The van der Waals surface area contributed by atoms with Crippen LogP contribution in [0.2, 0.25) is 0 Å². The van der Waals surface area contributed by atoms with Gasteiger partial charge in [-0.25, -0.2) is 8.42 Å². The van der Waals surface area contributed by atoms with Gasteiger partial charge in [0, 0.05) is 25.5 Å². The highest BCUT2D eigenvalue weighted by molar-refractivity contribution is 7.89. The Labute approximate surface area is 86.6 Å². The van der Waals surface area contributed by atoms with Crippen molar-refractivity contribution in [1.29, 1.82) is 0 Å². The summed E-state index contributed by atoms with van der Waals surface area (Å²) in [5.74, 6) is -1.52. The molecule has 1 aliphatic rings. The van der Waals surface area contributed by atoms with Crippen LogP contribution >= 0.6 is 0 Å². The number of aromatic nitrogens is 1. The van der Waals surface area contributed by atoms with Gasteiger partial charge in [-0.05, 0) is 6.07 Å². The lowest BCUT2D eigenvalue weighted by atomic mass is 10.0. The Kier molecular flexibility index (Phi) is 2.28. The van der Waals surface area contributed by atoms with Crippen LogP contribution in [0.15, 0.2) is 23.4 Å². The Morgan fingerprint density at radius 1 is 1.53 bits per heavy atom. The van der Waals surface area contributed by atoms with E-state index in [2.05, 4.69) is 4.98 Å². The van der Waals surface area contributed by atoms with Crippen molar-refractivity contribution >= 4 is 16.0 Å². The van der Waals surface area contributed by atoms with Gasteiger partial charge in [-0.15, -0.1) is 0 Å². The molecule has 2 N–H and O–H groups in total. The molecule has 0 atom stereocenters. The van der Waals surface area contributed by atoms with E-state index in [4.69, 9.17) is 5.11 Å². The second-order valence-corrected chi connectivity index (χ2v) is 5.34. The molecule has 0 aliphatic carbocycles. The van der Waals surface area contributed by atoms with Crippen LogP contribution in [0, 0.1) is 5.92 Å². The summed E-state index contributed by atoms with van der Waals surface area (Å²) in [6.45, 7) is 0.117. The van der Waals surface area contributed by atoms with Crippen LogP contribution in [-0.4, -0.2) is 41.9 Å². The van der Waals surface area contributed by atoms with Crippen molar-refractivity contribution in [3.63, 3.8) is 0 Å². The van der Waals surface area contributed by atoms with Crippen LogP contribution in [-0.2, 0) is 14.8 Å². The minimum absolute atomic E-state index is 0.0584. The number of aliphatic carboxylic acids is 1. The lowest BCUT2D eigenvalue weighted by Gasteiger charge is -2.34. The molecule has 7 heteroatoms. The molecule has 1 aromatic rings. The highest BCUT2D eigenvalue weighted by Crippen LogP contribution is 2.24. The van der Waals surface area contributed by atoms with Crippen molar-refractivity contribution in [3.8, 4) is 0 Å². The summed E-state index contributed by atoms with van der Waals surface area (Å²) < 4.78 is 24.7. The molecule has 15 heavy (non-hydrogen) atoms. The van der Waals surface area contributed by atoms with Gasteiger partial charge < -0.3 is 10.1 Å². The summed E-state index contributed by atoms with van der Waals surface area (Å²) >= 11 is 0. The first-order valence-electron chi connectivity index (χ1n) is 4.37. The normalized spacial score (nSPS) is 18.7. The van der Waals surface area contributed by atoms with Crippen molar-refractivity contribution in [1.82, 2.24) is 9.29 Å². The summed E-state index contributed by atoms with van der Waals surface area (Å²) in [6, 6.07) is 1.45. The van der Waals surface area contributed by atoms with Crippen LogP contribution in [0.4, 0.5) is 0 Å². The van der Waals surface area contributed by atoms with Crippen molar-refractivity contribution in [2.24, 2.45) is 5.92 Å². The molecule has 0 spiro atoms. The van der Waals surface area contributed by atoms with E-state index in [-0.39, 0.29) is 18.0 Å². The van der Waals surface area contributed by atoms with Gasteiger partial charge in [-0.2, -0.15) is 4.31 Å². The van der Waals surface area contributed by atoms with Gasteiger partial charge in [-0.1, -0.05) is 0 Å². The number of carboxylic acids is 1. The molecule has 6 nitrogen and oxygen atoms in total. The molecule has 2 rings (SSSR count). The Morgan fingerprint density at radius 3 is 2.67 bits per heavy atom. The van der Waals surface area contributed by atoms with Crippen LogP contribution in [0.3, 0.4) is 0 Å². The Balaban J connectivity index is 2.11. The molecule has 0 unspecified atom stereocenters. The van der Waals surface area contributed by atoms with Crippen LogP contribution in [0.1, 0.15) is 0 Å². The molecule has 0 radical (unpaired) electrons. The summed E-state index contributed by atoms with van der Waals surface area (Å²) in [5.41, 5.74) is 0. The third-order valence-corrected chi connectivity index (χ3v) is 4.23. The lowest BCUT2D eigenvalue weighted by molar-refractivity contribution is -0.145. The molecule has 2 heterocycles. The molecule has 1 fully saturated rings. The van der Waals surface area contributed by atoms with Crippen molar-refractivity contribution in [2.75, 3.05) is 13.1 Å². The van der Waals surface area contributed by atoms with Crippen LogP contribution in [0.5, 0.6) is 0 Å². The van der Waals surface area contributed by atoms with Gasteiger partial charge in [0.15, 0.2) is 0 Å². The number of hydrogen-bond acceptors (Lipinski definition) is 3. The molecule has 1 saturated heterocycles. The third kappa shape index (κ3) is 1.64. The molecule has 0 aromatic carbocycles. The quantitative estimate of drug-likeness (QED) is 0.747. The van der Waals surface area contributed by atoms with Crippen molar-refractivity contribution < 1.29 is 18.3 Å². The van der Waals surface area contributed by atoms with Crippen molar-refractivity contribution in [3.05, 3.63) is 18.5 Å². The highest BCUT2D eigenvalue weighted by Gasteiger charge is 2.40. The highest BCUT2D eigenvalue weighted by atomic mass is 32.2. The minimum Gasteiger partial charge on any atom is -0.481 e. The fourth-order valence-corrected chi connectivity index (χ4v) is 2.92.